The summed E-state index contributed by atoms with van der Waals surface area (Å²) < 4.78 is 26.9. The zero-order valence-electron chi connectivity index (χ0n) is 11.6. The van der Waals surface area contributed by atoms with Gasteiger partial charge in [-0.25, -0.2) is 8.78 Å². The number of nitrogens with zero attached hydrogens (tertiary/aromatic N) is 1. The lowest BCUT2D eigenvalue weighted by Crippen LogP contribution is -2.39. The molecule has 0 amide bonds. The van der Waals surface area contributed by atoms with Gasteiger partial charge in [0.1, 0.15) is 11.6 Å². The normalized spacial score (nSPS) is 21.0. The van der Waals surface area contributed by atoms with Crippen molar-refractivity contribution in [2.75, 3.05) is 19.6 Å². The minimum atomic E-state index is -0.516. The maximum absolute atomic E-state index is 13.9. The predicted molar refractivity (Wildman–Crippen MR) is 73.0 cm³/mol. The van der Waals surface area contributed by atoms with Gasteiger partial charge in [-0.1, -0.05) is 13.0 Å². The molecule has 2 atom stereocenters. The summed E-state index contributed by atoms with van der Waals surface area (Å²) in [6, 6.07) is 4.31. The van der Waals surface area contributed by atoms with Gasteiger partial charge in [-0.3, -0.25) is 4.90 Å². The number of hydrogen-bond donors (Lipinski definition) is 1. The van der Waals surface area contributed by atoms with Crippen LogP contribution in [0.2, 0.25) is 0 Å². The van der Waals surface area contributed by atoms with Crippen LogP contribution in [0.25, 0.3) is 0 Å². The van der Waals surface area contributed by atoms with E-state index in [9.17, 15) is 8.78 Å². The van der Waals surface area contributed by atoms with Crippen molar-refractivity contribution in [1.82, 2.24) is 10.2 Å². The van der Waals surface area contributed by atoms with Crippen LogP contribution in [-0.4, -0.2) is 30.6 Å². The molecule has 1 aliphatic rings. The maximum Gasteiger partial charge on any atom is 0.130 e. The van der Waals surface area contributed by atoms with Crippen molar-refractivity contribution in [3.8, 4) is 0 Å². The third-order valence-corrected chi connectivity index (χ3v) is 3.90. The van der Waals surface area contributed by atoms with Gasteiger partial charge in [-0.05, 0) is 38.9 Å². The van der Waals surface area contributed by atoms with E-state index in [-0.39, 0.29) is 6.04 Å². The highest BCUT2D eigenvalue weighted by Gasteiger charge is 2.27. The topological polar surface area (TPSA) is 15.3 Å². The Kier molecular flexibility index (Phi) is 4.88. The molecule has 4 heteroatoms. The Morgan fingerprint density at radius 3 is 2.79 bits per heavy atom. The predicted octanol–water partition coefficient (Wildman–Crippen LogP) is 3.10. The van der Waals surface area contributed by atoms with E-state index in [1.165, 1.54) is 6.07 Å². The molecule has 1 saturated heterocycles. The molecule has 1 heterocycles. The van der Waals surface area contributed by atoms with E-state index >= 15 is 0 Å². The number of benzene rings is 1. The van der Waals surface area contributed by atoms with Crippen LogP contribution in [0.15, 0.2) is 18.2 Å². The molecule has 1 N–H and O–H groups in total. The van der Waals surface area contributed by atoms with E-state index in [4.69, 9.17) is 0 Å². The first-order chi connectivity index (χ1) is 9.13. The first-order valence-electron chi connectivity index (χ1n) is 7.05. The summed E-state index contributed by atoms with van der Waals surface area (Å²) in [5.41, 5.74) is 0.585. The fraction of sp³-hybridized carbons (Fsp3) is 0.600. The van der Waals surface area contributed by atoms with Gasteiger partial charge in [0.25, 0.3) is 0 Å². The van der Waals surface area contributed by atoms with Crippen molar-refractivity contribution >= 4 is 0 Å². The van der Waals surface area contributed by atoms with Gasteiger partial charge in [0, 0.05) is 30.3 Å². The average Bonchev–Trinajstić information content (AvgIpc) is 2.89. The lowest BCUT2D eigenvalue weighted by Gasteiger charge is -2.34. The molecule has 0 aromatic heterocycles. The second kappa shape index (κ2) is 6.44. The van der Waals surface area contributed by atoms with Crippen LogP contribution in [0, 0.1) is 11.6 Å². The van der Waals surface area contributed by atoms with Crippen molar-refractivity contribution in [3.63, 3.8) is 0 Å². The Hall–Kier alpha value is -1.00. The molecular formula is C15H22F2N2. The Labute approximate surface area is 113 Å². The summed E-state index contributed by atoms with van der Waals surface area (Å²) in [7, 11) is 0. The van der Waals surface area contributed by atoms with Gasteiger partial charge in [0.2, 0.25) is 0 Å². The summed E-state index contributed by atoms with van der Waals surface area (Å²) in [6.07, 6.45) is 2.12. The van der Waals surface area contributed by atoms with Crippen LogP contribution in [0.1, 0.15) is 38.3 Å². The molecule has 1 fully saturated rings. The summed E-state index contributed by atoms with van der Waals surface area (Å²) in [4.78, 5) is 2.33. The van der Waals surface area contributed by atoms with Crippen LogP contribution in [0.3, 0.4) is 0 Å². The van der Waals surface area contributed by atoms with Crippen molar-refractivity contribution < 1.29 is 8.78 Å². The van der Waals surface area contributed by atoms with Gasteiger partial charge >= 0.3 is 0 Å². The second-order valence-corrected chi connectivity index (χ2v) is 5.23. The van der Waals surface area contributed by atoms with E-state index in [0.717, 1.165) is 38.5 Å². The zero-order chi connectivity index (χ0) is 13.8. The molecule has 0 aliphatic carbocycles. The SMILES string of the molecule is CCCN(C1CCNC1)C(C)c1ccc(F)cc1F. The highest BCUT2D eigenvalue weighted by Crippen LogP contribution is 2.27. The molecular weight excluding hydrogens is 246 g/mol. The Morgan fingerprint density at radius 2 is 2.21 bits per heavy atom. The zero-order valence-corrected chi connectivity index (χ0v) is 11.6. The molecule has 2 rings (SSSR count). The molecule has 1 aromatic carbocycles. The van der Waals surface area contributed by atoms with Gasteiger partial charge in [-0.15, -0.1) is 0 Å². The number of halogens is 2. The molecule has 0 spiro atoms. The largest absolute Gasteiger partial charge is 0.315 e. The fourth-order valence-electron chi connectivity index (χ4n) is 2.89. The average molecular weight is 268 g/mol. The van der Waals surface area contributed by atoms with Crippen molar-refractivity contribution in [2.24, 2.45) is 0 Å². The summed E-state index contributed by atoms with van der Waals surface area (Å²) in [5, 5.41) is 3.35. The van der Waals surface area contributed by atoms with Gasteiger partial charge in [0.15, 0.2) is 0 Å². The first kappa shape index (κ1) is 14.4. The van der Waals surface area contributed by atoms with Crippen LogP contribution in [0.5, 0.6) is 0 Å². The van der Waals surface area contributed by atoms with Crippen molar-refractivity contribution in [2.45, 2.75) is 38.8 Å². The summed E-state index contributed by atoms with van der Waals surface area (Å²) in [5.74, 6) is -0.961. The molecule has 19 heavy (non-hydrogen) atoms. The molecule has 106 valence electrons. The highest BCUT2D eigenvalue weighted by molar-refractivity contribution is 5.22. The highest BCUT2D eigenvalue weighted by atomic mass is 19.1. The Bertz CT molecular complexity index is 417. The molecule has 1 aromatic rings. The molecule has 0 radical (unpaired) electrons. The summed E-state index contributed by atoms with van der Waals surface area (Å²) >= 11 is 0. The number of hydrogen-bond acceptors (Lipinski definition) is 2. The number of nitrogens with one attached hydrogen (secondary N) is 1. The third-order valence-electron chi connectivity index (χ3n) is 3.90. The van der Waals surface area contributed by atoms with Crippen LogP contribution < -0.4 is 5.32 Å². The molecule has 2 unspecified atom stereocenters. The van der Waals surface area contributed by atoms with E-state index < -0.39 is 11.6 Å². The van der Waals surface area contributed by atoms with E-state index in [2.05, 4.69) is 17.1 Å². The lowest BCUT2D eigenvalue weighted by atomic mass is 10.0. The van der Waals surface area contributed by atoms with Gasteiger partial charge < -0.3 is 5.32 Å². The summed E-state index contributed by atoms with van der Waals surface area (Å²) in [6.45, 7) is 7.04. The quantitative estimate of drug-likeness (QED) is 0.882. The third kappa shape index (κ3) is 3.31. The lowest BCUT2D eigenvalue weighted by molar-refractivity contribution is 0.151. The van der Waals surface area contributed by atoms with Gasteiger partial charge in [0.05, 0.1) is 0 Å². The van der Waals surface area contributed by atoms with E-state index in [0.29, 0.717) is 11.6 Å². The van der Waals surface area contributed by atoms with E-state index in [1.54, 1.807) is 6.07 Å². The van der Waals surface area contributed by atoms with Crippen LogP contribution in [-0.2, 0) is 0 Å². The van der Waals surface area contributed by atoms with Crippen molar-refractivity contribution in [3.05, 3.63) is 35.4 Å². The maximum atomic E-state index is 13.9. The Balaban J connectivity index is 2.19. The smallest absolute Gasteiger partial charge is 0.130 e. The van der Waals surface area contributed by atoms with Crippen LogP contribution >= 0.6 is 0 Å². The monoisotopic (exact) mass is 268 g/mol. The fourth-order valence-corrected chi connectivity index (χ4v) is 2.89. The Morgan fingerprint density at radius 1 is 1.42 bits per heavy atom. The van der Waals surface area contributed by atoms with Crippen molar-refractivity contribution in [1.29, 1.82) is 0 Å². The molecule has 1 aliphatic heterocycles. The standard InChI is InChI=1S/C15H22F2N2/c1-3-8-19(13-6-7-18-10-13)11(2)14-5-4-12(16)9-15(14)17/h4-5,9,11,13,18H,3,6-8,10H2,1-2H3. The minimum Gasteiger partial charge on any atom is -0.315 e. The van der Waals surface area contributed by atoms with E-state index in [1.807, 2.05) is 6.92 Å². The number of rotatable bonds is 5. The molecule has 0 bridgehead atoms. The molecule has 2 nitrogen and oxygen atoms in total. The first-order valence-corrected chi connectivity index (χ1v) is 7.05. The minimum absolute atomic E-state index is 0.0227. The van der Waals surface area contributed by atoms with Crippen LogP contribution in [0.4, 0.5) is 8.78 Å². The second-order valence-electron chi connectivity index (χ2n) is 5.23. The molecule has 0 saturated carbocycles. The van der Waals surface area contributed by atoms with Gasteiger partial charge in [-0.2, -0.15) is 0 Å².